The molecule has 0 aliphatic heterocycles. The number of nitrogens with one attached hydrogen (secondary N) is 2. The highest BCUT2D eigenvalue weighted by Gasteiger charge is 2.29. The average molecular weight is 434 g/mol. The maximum absolute atomic E-state index is 12.5. The van der Waals surface area contributed by atoms with E-state index in [1.807, 2.05) is 0 Å². The number of benzene rings is 1. The zero-order chi connectivity index (χ0) is 20.7. The largest absolute Gasteiger partial charge is 0.401 e. The van der Waals surface area contributed by atoms with Crippen LogP contribution in [0.3, 0.4) is 0 Å². The summed E-state index contributed by atoms with van der Waals surface area (Å²) < 4.78 is 37.4. The maximum Gasteiger partial charge on any atom is 0.401 e. The van der Waals surface area contributed by atoms with Crippen LogP contribution < -0.4 is 10.6 Å². The molecule has 28 heavy (non-hydrogen) atoms. The number of hydrogen-bond donors (Lipinski definition) is 2. The fourth-order valence-electron chi connectivity index (χ4n) is 2.39. The zero-order valence-corrected chi connectivity index (χ0v) is 16.5. The first kappa shape index (κ1) is 22.2. The van der Waals surface area contributed by atoms with Gasteiger partial charge in [-0.05, 0) is 36.2 Å². The highest BCUT2D eigenvalue weighted by molar-refractivity contribution is 7.12. The topological polar surface area (TPSA) is 61.4 Å². The number of amides is 2. The van der Waals surface area contributed by atoms with E-state index in [4.69, 9.17) is 11.6 Å². The predicted octanol–water partition coefficient (Wildman–Crippen LogP) is 4.27. The molecule has 0 saturated heterocycles. The van der Waals surface area contributed by atoms with E-state index in [0.29, 0.717) is 4.88 Å². The first-order chi connectivity index (χ1) is 13.2. The Morgan fingerprint density at radius 2 is 1.96 bits per heavy atom. The lowest BCUT2D eigenvalue weighted by Crippen LogP contribution is -2.39. The highest BCUT2D eigenvalue weighted by atomic mass is 35.5. The van der Waals surface area contributed by atoms with Gasteiger partial charge in [-0.25, -0.2) is 0 Å². The molecule has 5 nitrogen and oxygen atoms in total. The number of nitrogens with zero attached hydrogens (tertiary/aromatic N) is 1. The molecule has 0 radical (unpaired) electrons. The SMILES string of the molecule is CCN(CCNC(=O)c1ccc(Cl)c(NC(=O)c2cccs2)c1)CC(F)(F)F. The van der Waals surface area contributed by atoms with E-state index < -0.39 is 18.6 Å². The summed E-state index contributed by atoms with van der Waals surface area (Å²) in [5, 5.41) is 7.25. The molecule has 0 spiro atoms. The van der Waals surface area contributed by atoms with Crippen LogP contribution in [-0.2, 0) is 0 Å². The smallest absolute Gasteiger partial charge is 0.351 e. The van der Waals surface area contributed by atoms with E-state index >= 15 is 0 Å². The number of anilines is 1. The van der Waals surface area contributed by atoms with Gasteiger partial charge in [0.25, 0.3) is 11.8 Å². The number of rotatable bonds is 8. The van der Waals surface area contributed by atoms with Crippen molar-refractivity contribution >= 4 is 40.4 Å². The van der Waals surface area contributed by atoms with Crippen molar-refractivity contribution in [2.24, 2.45) is 0 Å². The van der Waals surface area contributed by atoms with E-state index in [1.54, 1.807) is 24.4 Å². The van der Waals surface area contributed by atoms with E-state index in [2.05, 4.69) is 10.6 Å². The van der Waals surface area contributed by atoms with Gasteiger partial charge in [-0.1, -0.05) is 24.6 Å². The molecule has 2 N–H and O–H groups in total. The lowest BCUT2D eigenvalue weighted by Gasteiger charge is -2.21. The Balaban J connectivity index is 1.95. The van der Waals surface area contributed by atoms with Gasteiger partial charge in [0, 0.05) is 18.7 Å². The summed E-state index contributed by atoms with van der Waals surface area (Å²) in [4.78, 5) is 26.1. The van der Waals surface area contributed by atoms with Crippen molar-refractivity contribution in [2.45, 2.75) is 13.1 Å². The van der Waals surface area contributed by atoms with Crippen LogP contribution in [0, 0.1) is 0 Å². The molecule has 0 saturated carbocycles. The number of carbonyl (C=O) groups excluding carboxylic acids is 2. The van der Waals surface area contributed by atoms with E-state index in [0.717, 1.165) is 0 Å². The van der Waals surface area contributed by atoms with Crippen molar-refractivity contribution in [1.82, 2.24) is 10.2 Å². The Labute approximate surface area is 169 Å². The van der Waals surface area contributed by atoms with Gasteiger partial charge in [0.05, 0.1) is 22.1 Å². The Hall–Kier alpha value is -2.10. The third-order valence-electron chi connectivity index (χ3n) is 3.79. The molecule has 152 valence electrons. The van der Waals surface area contributed by atoms with Crippen molar-refractivity contribution in [2.75, 3.05) is 31.5 Å². The van der Waals surface area contributed by atoms with Crippen LogP contribution in [0.15, 0.2) is 35.7 Å². The molecular formula is C18H19ClF3N3O2S. The molecule has 2 amide bonds. The number of likely N-dealkylation sites (N-methyl/N-ethyl adjacent to an activating group) is 1. The predicted molar refractivity (Wildman–Crippen MR) is 104 cm³/mol. The highest BCUT2D eigenvalue weighted by Crippen LogP contribution is 2.24. The van der Waals surface area contributed by atoms with Gasteiger partial charge in [-0.3, -0.25) is 14.5 Å². The molecule has 0 bridgehead atoms. The van der Waals surface area contributed by atoms with Crippen LogP contribution in [0.5, 0.6) is 0 Å². The van der Waals surface area contributed by atoms with Crippen molar-refractivity contribution in [1.29, 1.82) is 0 Å². The zero-order valence-electron chi connectivity index (χ0n) is 15.0. The van der Waals surface area contributed by atoms with E-state index in [-0.39, 0.29) is 41.8 Å². The van der Waals surface area contributed by atoms with Gasteiger partial charge >= 0.3 is 6.18 Å². The summed E-state index contributed by atoms with van der Waals surface area (Å²) in [7, 11) is 0. The minimum absolute atomic E-state index is 0.0578. The van der Waals surface area contributed by atoms with Gasteiger partial charge in [0.15, 0.2) is 0 Å². The summed E-state index contributed by atoms with van der Waals surface area (Å²) in [6.07, 6.45) is -4.29. The van der Waals surface area contributed by atoms with Crippen LogP contribution in [0.25, 0.3) is 0 Å². The van der Waals surface area contributed by atoms with Gasteiger partial charge in [-0.2, -0.15) is 13.2 Å². The number of alkyl halides is 3. The average Bonchev–Trinajstić information content (AvgIpc) is 3.16. The van der Waals surface area contributed by atoms with Crippen molar-refractivity contribution in [3.63, 3.8) is 0 Å². The summed E-state index contributed by atoms with van der Waals surface area (Å²) in [5.41, 5.74) is 0.518. The van der Waals surface area contributed by atoms with Gasteiger partial charge in [0.2, 0.25) is 0 Å². The molecular weight excluding hydrogens is 415 g/mol. The molecule has 0 aliphatic carbocycles. The second-order valence-corrected chi connectivity index (χ2v) is 7.22. The molecule has 0 aliphatic rings. The van der Waals surface area contributed by atoms with Crippen molar-refractivity contribution in [3.05, 3.63) is 51.2 Å². The molecule has 1 aromatic heterocycles. The monoisotopic (exact) mass is 433 g/mol. The molecule has 2 aromatic rings. The van der Waals surface area contributed by atoms with Crippen LogP contribution in [0.1, 0.15) is 27.0 Å². The standard InChI is InChI=1S/C18H19ClF3N3O2S/c1-2-25(11-18(20,21)22)8-7-23-16(26)12-5-6-13(19)14(10-12)24-17(27)15-4-3-9-28-15/h3-6,9-10H,2,7-8,11H2,1H3,(H,23,26)(H,24,27). The maximum atomic E-state index is 12.5. The summed E-state index contributed by atoms with van der Waals surface area (Å²) in [6.45, 7) is 0.934. The molecule has 0 atom stereocenters. The number of hydrogen-bond acceptors (Lipinski definition) is 4. The Morgan fingerprint density at radius 1 is 1.21 bits per heavy atom. The van der Waals surface area contributed by atoms with Crippen molar-refractivity contribution in [3.8, 4) is 0 Å². The number of halogens is 4. The molecule has 10 heteroatoms. The summed E-state index contributed by atoms with van der Waals surface area (Å²) in [5.74, 6) is -0.813. The second-order valence-electron chi connectivity index (χ2n) is 5.87. The summed E-state index contributed by atoms with van der Waals surface area (Å²) in [6, 6.07) is 7.78. The normalized spacial score (nSPS) is 11.5. The lowest BCUT2D eigenvalue weighted by molar-refractivity contribution is -0.145. The third-order valence-corrected chi connectivity index (χ3v) is 4.98. The first-order valence-corrected chi connectivity index (χ1v) is 9.67. The van der Waals surface area contributed by atoms with Gasteiger partial charge in [-0.15, -0.1) is 11.3 Å². The van der Waals surface area contributed by atoms with E-state index in [9.17, 15) is 22.8 Å². The molecule has 2 rings (SSSR count). The van der Waals surface area contributed by atoms with Crippen LogP contribution in [0.2, 0.25) is 5.02 Å². The molecule has 0 unspecified atom stereocenters. The summed E-state index contributed by atoms with van der Waals surface area (Å²) >= 11 is 7.34. The third kappa shape index (κ3) is 6.81. The number of thiophene rings is 1. The molecule has 1 heterocycles. The molecule has 0 fully saturated rings. The van der Waals surface area contributed by atoms with Crippen LogP contribution in [-0.4, -0.2) is 49.1 Å². The number of carbonyl (C=O) groups is 2. The fraction of sp³-hybridized carbons (Fsp3) is 0.333. The van der Waals surface area contributed by atoms with E-state index in [1.165, 1.54) is 34.4 Å². The Bertz CT molecular complexity index is 813. The molecule has 1 aromatic carbocycles. The minimum Gasteiger partial charge on any atom is -0.351 e. The van der Waals surface area contributed by atoms with Gasteiger partial charge in [0.1, 0.15) is 0 Å². The first-order valence-electron chi connectivity index (χ1n) is 8.41. The van der Waals surface area contributed by atoms with Crippen LogP contribution in [0.4, 0.5) is 18.9 Å². The Morgan fingerprint density at radius 3 is 2.57 bits per heavy atom. The Kier molecular flexibility index (Phi) is 7.85. The second kappa shape index (κ2) is 9.90. The van der Waals surface area contributed by atoms with Crippen molar-refractivity contribution < 1.29 is 22.8 Å². The van der Waals surface area contributed by atoms with Gasteiger partial charge < -0.3 is 10.6 Å². The fourth-order valence-corrected chi connectivity index (χ4v) is 3.17. The van der Waals surface area contributed by atoms with Crippen LogP contribution >= 0.6 is 22.9 Å². The quantitative estimate of drug-likeness (QED) is 0.653. The lowest BCUT2D eigenvalue weighted by atomic mass is 10.2. The minimum atomic E-state index is -4.29.